The van der Waals surface area contributed by atoms with E-state index in [1.807, 2.05) is 36.6 Å². The summed E-state index contributed by atoms with van der Waals surface area (Å²) in [6.07, 6.45) is 7.62. The average molecular weight is 500 g/mol. The average Bonchev–Trinajstić information content (AvgIpc) is 3.34. The van der Waals surface area contributed by atoms with Crippen LogP contribution in [-0.4, -0.2) is 31.5 Å². The molecule has 1 amide bonds. The number of amides is 1. The first-order valence-corrected chi connectivity index (χ1v) is 12.5. The molecule has 0 saturated heterocycles. The lowest BCUT2D eigenvalue weighted by Crippen LogP contribution is -2.35. The lowest BCUT2D eigenvalue weighted by molar-refractivity contribution is -0.114. The van der Waals surface area contributed by atoms with Crippen molar-refractivity contribution in [1.82, 2.24) is 9.58 Å². The second-order valence-corrected chi connectivity index (χ2v) is 10.4. The molecule has 1 saturated carbocycles. The molecular weight excluding hydrogens is 477 g/mol. The minimum absolute atomic E-state index is 0.0719. The number of hydrogen-bond acceptors (Lipinski definition) is 4. The molecule has 0 radical (unpaired) electrons. The van der Waals surface area contributed by atoms with Crippen LogP contribution in [0.3, 0.4) is 0 Å². The number of hydrazone groups is 1. The number of aryl methyl sites for hydroxylation is 1. The van der Waals surface area contributed by atoms with Gasteiger partial charge in [0.1, 0.15) is 5.04 Å². The van der Waals surface area contributed by atoms with Crippen LogP contribution in [0.5, 0.6) is 0 Å². The molecule has 1 fully saturated rings. The number of benzene rings is 1. The smallest absolute Gasteiger partial charge is 0.283 e. The lowest BCUT2D eigenvalue weighted by atomic mass is 9.90. The highest BCUT2D eigenvalue weighted by atomic mass is 35.5. The van der Waals surface area contributed by atoms with Crippen LogP contribution >= 0.6 is 35.0 Å². The third kappa shape index (κ3) is 4.07. The van der Waals surface area contributed by atoms with Crippen LogP contribution in [0.1, 0.15) is 49.1 Å². The van der Waals surface area contributed by atoms with E-state index < -0.39 is 5.91 Å². The summed E-state index contributed by atoms with van der Waals surface area (Å²) in [5.74, 6) is 0.0679. The SMILES string of the molecule is Cc1cc(/C=C2\C(=N)N3N=C(C4CCCCC4)SC3=NC2=O)c(C)n1-c1ccc(Cl)c(Cl)c1. The van der Waals surface area contributed by atoms with Crippen molar-refractivity contribution >= 4 is 63.0 Å². The number of aromatic nitrogens is 1. The van der Waals surface area contributed by atoms with E-state index in [1.165, 1.54) is 36.0 Å². The van der Waals surface area contributed by atoms with Crippen LogP contribution in [0.2, 0.25) is 10.0 Å². The van der Waals surface area contributed by atoms with Gasteiger partial charge in [0.05, 0.1) is 15.6 Å². The Bertz CT molecular complexity index is 1270. The van der Waals surface area contributed by atoms with Gasteiger partial charge in [-0.1, -0.05) is 42.5 Å². The monoisotopic (exact) mass is 499 g/mol. The quantitative estimate of drug-likeness (QED) is 0.483. The first-order valence-electron chi connectivity index (χ1n) is 11.0. The number of amidine groups is 2. The molecule has 0 atom stereocenters. The van der Waals surface area contributed by atoms with Crippen molar-refractivity contribution in [3.8, 4) is 5.69 Å². The first kappa shape index (κ1) is 22.4. The normalized spacial score (nSPS) is 20.4. The van der Waals surface area contributed by atoms with Crippen LogP contribution in [0, 0.1) is 25.2 Å². The molecule has 2 aromatic rings. The van der Waals surface area contributed by atoms with E-state index in [0.717, 1.165) is 40.5 Å². The predicted molar refractivity (Wildman–Crippen MR) is 137 cm³/mol. The van der Waals surface area contributed by atoms with Gasteiger partial charge in [-0.3, -0.25) is 10.2 Å². The van der Waals surface area contributed by atoms with E-state index in [4.69, 9.17) is 28.6 Å². The number of thioether (sulfide) groups is 1. The van der Waals surface area contributed by atoms with Gasteiger partial charge >= 0.3 is 0 Å². The Morgan fingerprint density at radius 1 is 1.12 bits per heavy atom. The minimum atomic E-state index is -0.404. The zero-order chi connectivity index (χ0) is 23.3. The number of carbonyl (C=O) groups excluding carboxylic acids is 1. The fraction of sp³-hybridized carbons (Fsp3) is 0.333. The van der Waals surface area contributed by atoms with Gasteiger partial charge in [0, 0.05) is 23.0 Å². The predicted octanol–water partition coefficient (Wildman–Crippen LogP) is 6.60. The number of carbonyl (C=O) groups is 1. The van der Waals surface area contributed by atoms with Crippen molar-refractivity contribution in [1.29, 1.82) is 5.41 Å². The highest BCUT2D eigenvalue weighted by molar-refractivity contribution is 8.27. The third-order valence-electron chi connectivity index (χ3n) is 6.36. The molecule has 3 aliphatic rings. The molecule has 0 bridgehead atoms. The molecule has 170 valence electrons. The summed E-state index contributed by atoms with van der Waals surface area (Å²) in [5, 5.41) is 17.3. The molecule has 9 heteroatoms. The highest BCUT2D eigenvalue weighted by Crippen LogP contribution is 2.36. The van der Waals surface area contributed by atoms with Gasteiger partial charge in [-0.05, 0) is 74.4 Å². The van der Waals surface area contributed by atoms with Crippen molar-refractivity contribution in [3.05, 3.63) is 56.8 Å². The Balaban J connectivity index is 1.48. The van der Waals surface area contributed by atoms with Gasteiger partial charge < -0.3 is 4.57 Å². The second-order valence-electron chi connectivity index (χ2n) is 8.55. The number of fused-ring (bicyclic) bond motifs is 1. The van der Waals surface area contributed by atoms with Gasteiger partial charge in [-0.2, -0.15) is 15.1 Å². The zero-order valence-electron chi connectivity index (χ0n) is 18.4. The molecule has 6 nitrogen and oxygen atoms in total. The van der Waals surface area contributed by atoms with Crippen LogP contribution in [0.15, 0.2) is 39.9 Å². The minimum Gasteiger partial charge on any atom is -0.318 e. The highest BCUT2D eigenvalue weighted by Gasteiger charge is 2.38. The van der Waals surface area contributed by atoms with Gasteiger partial charge in [-0.15, -0.1) is 0 Å². The standard InChI is InChI=1S/C24H23Cl2N5OS/c1-13-10-16(14(2)30(13)17-8-9-19(25)20(26)12-17)11-18-21(27)31-24(28-22(18)32)33-23(29-31)15-6-4-3-5-7-15/h8-12,15,27H,3-7H2,1-2H3/b18-11+,27-21?. The van der Waals surface area contributed by atoms with E-state index in [-0.39, 0.29) is 11.4 Å². The van der Waals surface area contributed by atoms with Crippen LogP contribution in [-0.2, 0) is 4.79 Å². The first-order chi connectivity index (χ1) is 15.8. The zero-order valence-corrected chi connectivity index (χ0v) is 20.7. The number of hydrogen-bond donors (Lipinski definition) is 1. The van der Waals surface area contributed by atoms with E-state index in [1.54, 1.807) is 12.1 Å². The summed E-state index contributed by atoms with van der Waals surface area (Å²) in [5.41, 5.74) is 3.87. The molecule has 1 aliphatic carbocycles. The maximum atomic E-state index is 12.9. The summed E-state index contributed by atoms with van der Waals surface area (Å²) >= 11 is 13.7. The number of rotatable bonds is 3. The fourth-order valence-corrected chi connectivity index (χ4v) is 5.98. The number of nitrogens with zero attached hydrogens (tertiary/aromatic N) is 4. The Morgan fingerprint density at radius 2 is 1.88 bits per heavy atom. The Labute approximate surface area is 206 Å². The fourth-order valence-electron chi connectivity index (χ4n) is 4.63. The maximum Gasteiger partial charge on any atom is 0.283 e. The van der Waals surface area contributed by atoms with Gasteiger partial charge in [0.15, 0.2) is 5.84 Å². The number of nitrogens with one attached hydrogen (secondary N) is 1. The van der Waals surface area contributed by atoms with E-state index in [0.29, 0.717) is 21.1 Å². The molecule has 0 unspecified atom stereocenters. The van der Waals surface area contributed by atoms with Crippen LogP contribution in [0.4, 0.5) is 0 Å². The van der Waals surface area contributed by atoms with E-state index in [9.17, 15) is 4.79 Å². The van der Waals surface area contributed by atoms with Crippen LogP contribution in [0.25, 0.3) is 11.8 Å². The lowest BCUT2D eigenvalue weighted by Gasteiger charge is -2.20. The maximum absolute atomic E-state index is 12.9. The molecular formula is C24H23Cl2N5OS. The molecule has 1 aromatic carbocycles. The Morgan fingerprint density at radius 3 is 2.61 bits per heavy atom. The Kier molecular flexibility index (Phi) is 5.97. The van der Waals surface area contributed by atoms with E-state index in [2.05, 4.69) is 10.1 Å². The molecule has 1 N–H and O–H groups in total. The summed E-state index contributed by atoms with van der Waals surface area (Å²) < 4.78 is 2.05. The van der Waals surface area contributed by atoms with Gasteiger partial charge in [0.25, 0.3) is 5.91 Å². The summed E-state index contributed by atoms with van der Waals surface area (Å²) in [6, 6.07) is 7.46. The summed E-state index contributed by atoms with van der Waals surface area (Å²) in [6.45, 7) is 3.96. The number of halogens is 2. The molecule has 1 aromatic heterocycles. The molecule has 33 heavy (non-hydrogen) atoms. The van der Waals surface area contributed by atoms with Gasteiger partial charge in [-0.25, -0.2) is 0 Å². The Hall–Kier alpha value is -2.35. The van der Waals surface area contributed by atoms with Crippen molar-refractivity contribution in [2.45, 2.75) is 46.0 Å². The largest absolute Gasteiger partial charge is 0.318 e. The van der Waals surface area contributed by atoms with Crippen LogP contribution < -0.4 is 0 Å². The second kappa shape index (κ2) is 8.78. The third-order valence-corrected chi connectivity index (χ3v) is 8.17. The van der Waals surface area contributed by atoms with Gasteiger partial charge in [0.2, 0.25) is 5.17 Å². The topological polar surface area (TPSA) is 73.8 Å². The van der Waals surface area contributed by atoms with Crippen molar-refractivity contribution in [3.63, 3.8) is 0 Å². The van der Waals surface area contributed by atoms with Crippen molar-refractivity contribution in [2.75, 3.05) is 0 Å². The van der Waals surface area contributed by atoms with Crippen molar-refractivity contribution < 1.29 is 4.79 Å². The molecule has 3 heterocycles. The summed E-state index contributed by atoms with van der Waals surface area (Å²) in [4.78, 5) is 17.1. The number of aliphatic imine (C=N–C) groups is 1. The molecule has 0 spiro atoms. The van der Waals surface area contributed by atoms with Crippen molar-refractivity contribution in [2.24, 2.45) is 16.0 Å². The molecule has 5 rings (SSSR count). The molecule has 2 aliphatic heterocycles. The van der Waals surface area contributed by atoms with E-state index >= 15 is 0 Å². The summed E-state index contributed by atoms with van der Waals surface area (Å²) in [7, 11) is 0.